The van der Waals surface area contributed by atoms with Crippen molar-refractivity contribution in [1.29, 1.82) is 0 Å². The van der Waals surface area contributed by atoms with Crippen molar-refractivity contribution in [3.05, 3.63) is 29.3 Å². The smallest absolute Gasteiger partial charge is 0.408 e. The number of esters is 1. The van der Waals surface area contributed by atoms with Crippen LogP contribution >= 0.6 is 0 Å². The second-order valence-corrected chi connectivity index (χ2v) is 8.15. The van der Waals surface area contributed by atoms with E-state index < -0.39 is 35.5 Å². The molecule has 0 saturated carbocycles. The predicted molar refractivity (Wildman–Crippen MR) is 117 cm³/mol. The molecule has 1 rings (SSSR count). The van der Waals surface area contributed by atoms with E-state index in [-0.39, 0.29) is 31.9 Å². The molecular formula is C22H33N3O7. The van der Waals surface area contributed by atoms with Crippen LogP contribution in [-0.2, 0) is 23.9 Å². The first-order valence-electron chi connectivity index (χ1n) is 10.3. The normalized spacial score (nSPS) is 11.8. The van der Waals surface area contributed by atoms with E-state index in [1.54, 1.807) is 40.7 Å². The Hall–Kier alpha value is -3.30. The monoisotopic (exact) mass is 451 g/mol. The van der Waals surface area contributed by atoms with Gasteiger partial charge in [-0.3, -0.25) is 14.4 Å². The number of phenolic OH excluding ortho intramolecular Hbond substituents is 1. The maximum absolute atomic E-state index is 12.9. The number of phenols is 1. The van der Waals surface area contributed by atoms with Gasteiger partial charge in [0.15, 0.2) is 0 Å². The largest absolute Gasteiger partial charge is 0.508 e. The summed E-state index contributed by atoms with van der Waals surface area (Å²) in [5, 5.41) is 14.8. The van der Waals surface area contributed by atoms with Gasteiger partial charge in [0, 0.05) is 13.6 Å². The summed E-state index contributed by atoms with van der Waals surface area (Å²) in [5.74, 6) is -1.45. The molecule has 0 aromatic heterocycles. The lowest BCUT2D eigenvalue weighted by Crippen LogP contribution is -2.46. The zero-order valence-electron chi connectivity index (χ0n) is 19.5. The number of benzene rings is 1. The number of hydrogen-bond acceptors (Lipinski definition) is 7. The first-order chi connectivity index (χ1) is 14.9. The number of aromatic hydroxyl groups is 1. The lowest BCUT2D eigenvalue weighted by Gasteiger charge is -2.28. The van der Waals surface area contributed by atoms with Gasteiger partial charge in [0.1, 0.15) is 23.9 Å². The van der Waals surface area contributed by atoms with Gasteiger partial charge in [0.25, 0.3) is 0 Å². The Morgan fingerprint density at radius 1 is 1.16 bits per heavy atom. The molecule has 0 saturated heterocycles. The minimum atomic E-state index is -1.05. The molecule has 0 aliphatic heterocycles. The number of nitrogens with zero attached hydrogens (tertiary/aromatic N) is 1. The van der Waals surface area contributed by atoms with E-state index in [0.29, 0.717) is 11.1 Å². The molecule has 0 aliphatic rings. The number of carbonyl (C=O) groups excluding carboxylic acids is 4. The molecule has 0 bridgehead atoms. The molecule has 1 aromatic carbocycles. The SMILES string of the molecule is CCOC(=O)CCNC(=O)C(c1ccc(O)c(C)c1)N(C)C(=O)CNC(=O)OC(C)(C)C. The van der Waals surface area contributed by atoms with Crippen LogP contribution in [0.4, 0.5) is 4.79 Å². The third kappa shape index (κ3) is 8.83. The third-order valence-corrected chi connectivity index (χ3v) is 4.28. The molecule has 1 aromatic rings. The number of alkyl carbamates (subject to hydrolysis) is 1. The molecule has 0 aliphatic carbocycles. The average Bonchev–Trinajstić information content (AvgIpc) is 2.67. The maximum atomic E-state index is 12.9. The van der Waals surface area contributed by atoms with E-state index in [4.69, 9.17) is 9.47 Å². The fraction of sp³-hybridized carbons (Fsp3) is 0.545. The second kappa shape index (κ2) is 11.9. The highest BCUT2D eigenvalue weighted by Crippen LogP contribution is 2.25. The zero-order chi connectivity index (χ0) is 24.5. The van der Waals surface area contributed by atoms with Crippen LogP contribution in [0.3, 0.4) is 0 Å². The molecule has 0 spiro atoms. The summed E-state index contributed by atoms with van der Waals surface area (Å²) in [6, 6.07) is 3.50. The molecule has 1 atom stereocenters. The van der Waals surface area contributed by atoms with Gasteiger partial charge in [0.05, 0.1) is 13.0 Å². The molecule has 3 amide bonds. The second-order valence-electron chi connectivity index (χ2n) is 8.15. The number of rotatable bonds is 9. The summed E-state index contributed by atoms with van der Waals surface area (Å²) < 4.78 is 9.95. The quantitative estimate of drug-likeness (QED) is 0.487. The topological polar surface area (TPSA) is 134 Å². The van der Waals surface area contributed by atoms with Crippen molar-refractivity contribution < 1.29 is 33.8 Å². The molecule has 32 heavy (non-hydrogen) atoms. The number of carbonyl (C=O) groups is 4. The number of hydrogen-bond donors (Lipinski definition) is 3. The van der Waals surface area contributed by atoms with Crippen LogP contribution in [0.25, 0.3) is 0 Å². The molecule has 0 fully saturated rings. The number of nitrogens with one attached hydrogen (secondary N) is 2. The van der Waals surface area contributed by atoms with Crippen molar-refractivity contribution in [2.45, 2.75) is 52.7 Å². The molecule has 0 radical (unpaired) electrons. The molecule has 1 unspecified atom stereocenters. The summed E-state index contributed by atoms with van der Waals surface area (Å²) in [6.07, 6.45) is -0.770. The minimum absolute atomic E-state index is 0.0151. The number of likely N-dealkylation sites (N-methyl/N-ethyl adjacent to an activating group) is 1. The average molecular weight is 452 g/mol. The van der Waals surface area contributed by atoms with E-state index in [1.165, 1.54) is 24.1 Å². The van der Waals surface area contributed by atoms with Crippen LogP contribution < -0.4 is 10.6 Å². The van der Waals surface area contributed by atoms with Gasteiger partial charge in [-0.15, -0.1) is 0 Å². The zero-order valence-corrected chi connectivity index (χ0v) is 19.5. The Bertz CT molecular complexity index is 833. The lowest BCUT2D eigenvalue weighted by molar-refractivity contribution is -0.143. The first kappa shape index (κ1) is 26.7. The molecule has 3 N–H and O–H groups in total. The van der Waals surface area contributed by atoms with Crippen molar-refractivity contribution in [2.24, 2.45) is 0 Å². The Morgan fingerprint density at radius 3 is 2.38 bits per heavy atom. The Morgan fingerprint density at radius 2 is 1.81 bits per heavy atom. The number of ether oxygens (including phenoxy) is 2. The van der Waals surface area contributed by atoms with Crippen molar-refractivity contribution in [3.8, 4) is 5.75 Å². The highest BCUT2D eigenvalue weighted by atomic mass is 16.6. The summed E-state index contributed by atoms with van der Waals surface area (Å²) in [7, 11) is 1.43. The van der Waals surface area contributed by atoms with E-state index in [1.807, 2.05) is 0 Å². The van der Waals surface area contributed by atoms with E-state index in [0.717, 1.165) is 0 Å². The molecule has 178 valence electrons. The van der Waals surface area contributed by atoms with Crippen LogP contribution in [0, 0.1) is 6.92 Å². The van der Waals surface area contributed by atoms with Crippen LogP contribution in [0.1, 0.15) is 51.3 Å². The summed E-state index contributed by atoms with van der Waals surface area (Å²) in [5.41, 5.74) is 0.269. The highest BCUT2D eigenvalue weighted by Gasteiger charge is 2.29. The molecule has 0 heterocycles. The molecular weight excluding hydrogens is 418 g/mol. The standard InChI is InChI=1S/C22H33N3O7/c1-7-31-18(28)10-11-23-20(29)19(15-8-9-16(26)14(2)12-15)25(6)17(27)13-24-21(30)32-22(3,4)5/h8-9,12,19,26H,7,10-11,13H2,1-6H3,(H,23,29)(H,24,30). The van der Waals surface area contributed by atoms with Gasteiger partial charge in [-0.25, -0.2) is 4.79 Å². The predicted octanol–water partition coefficient (Wildman–Crippen LogP) is 1.79. The van der Waals surface area contributed by atoms with Gasteiger partial charge in [0.2, 0.25) is 11.8 Å². The van der Waals surface area contributed by atoms with Crippen molar-refractivity contribution >= 4 is 23.9 Å². The van der Waals surface area contributed by atoms with Gasteiger partial charge in [-0.1, -0.05) is 6.07 Å². The fourth-order valence-electron chi connectivity index (χ4n) is 2.75. The summed E-state index contributed by atoms with van der Waals surface area (Å²) >= 11 is 0. The maximum Gasteiger partial charge on any atom is 0.408 e. The van der Waals surface area contributed by atoms with Crippen LogP contribution in [-0.4, -0.2) is 66.2 Å². The van der Waals surface area contributed by atoms with Gasteiger partial charge in [-0.2, -0.15) is 0 Å². The first-order valence-corrected chi connectivity index (χ1v) is 10.3. The molecule has 10 nitrogen and oxygen atoms in total. The van der Waals surface area contributed by atoms with Crippen LogP contribution in [0.5, 0.6) is 5.75 Å². The molecule has 10 heteroatoms. The number of amides is 3. The Balaban J connectivity index is 2.95. The third-order valence-electron chi connectivity index (χ3n) is 4.28. The van der Waals surface area contributed by atoms with E-state index in [2.05, 4.69) is 10.6 Å². The van der Waals surface area contributed by atoms with Gasteiger partial charge >= 0.3 is 12.1 Å². The Kier molecular flexibility index (Phi) is 9.96. The highest BCUT2D eigenvalue weighted by molar-refractivity contribution is 5.90. The van der Waals surface area contributed by atoms with Crippen LogP contribution in [0.15, 0.2) is 18.2 Å². The summed E-state index contributed by atoms with van der Waals surface area (Å²) in [6.45, 7) is 8.34. The fourth-order valence-corrected chi connectivity index (χ4v) is 2.75. The summed E-state index contributed by atoms with van der Waals surface area (Å²) in [4.78, 5) is 50.2. The number of aryl methyl sites for hydroxylation is 1. The van der Waals surface area contributed by atoms with E-state index in [9.17, 15) is 24.3 Å². The van der Waals surface area contributed by atoms with Crippen molar-refractivity contribution in [3.63, 3.8) is 0 Å². The minimum Gasteiger partial charge on any atom is -0.508 e. The van der Waals surface area contributed by atoms with Crippen molar-refractivity contribution in [2.75, 3.05) is 26.7 Å². The van der Waals surface area contributed by atoms with Gasteiger partial charge < -0.3 is 30.1 Å². The lowest BCUT2D eigenvalue weighted by atomic mass is 10.0. The van der Waals surface area contributed by atoms with Crippen molar-refractivity contribution in [1.82, 2.24) is 15.5 Å². The Labute approximate surface area is 188 Å². The van der Waals surface area contributed by atoms with Crippen LogP contribution in [0.2, 0.25) is 0 Å². The van der Waals surface area contributed by atoms with E-state index >= 15 is 0 Å². The van der Waals surface area contributed by atoms with Gasteiger partial charge in [-0.05, 0) is 57.9 Å².